The van der Waals surface area contributed by atoms with Gasteiger partial charge in [0, 0.05) is 0 Å². The van der Waals surface area contributed by atoms with Crippen molar-refractivity contribution < 1.29 is 9.92 Å². The number of nitrogens with zero attached hydrogens (tertiary/aromatic N) is 1. The first-order chi connectivity index (χ1) is 13.7. The van der Waals surface area contributed by atoms with Gasteiger partial charge in [0.1, 0.15) is 6.10 Å². The molecule has 0 spiro atoms. The standard InChI is InChI=1S/C24H47NO3/c1-2-3-4-5-6-7-8-9-10-13-18-23-19-14-11-12-15-21-24(28-25(26)27)22-17-16-20-23/h23-24H,2-22H2,1H3. The highest BCUT2D eigenvalue weighted by Gasteiger charge is 2.15. The van der Waals surface area contributed by atoms with Crippen molar-refractivity contribution in [3.63, 3.8) is 0 Å². The molecular weight excluding hydrogens is 350 g/mol. The fourth-order valence-electron chi connectivity index (χ4n) is 4.69. The van der Waals surface area contributed by atoms with E-state index in [1.54, 1.807) is 0 Å². The maximum atomic E-state index is 10.6. The molecule has 0 radical (unpaired) electrons. The quantitative estimate of drug-likeness (QED) is 0.178. The summed E-state index contributed by atoms with van der Waals surface area (Å²) in [6, 6.07) is 0. The molecule has 1 saturated carbocycles. The minimum absolute atomic E-state index is 0.171. The topological polar surface area (TPSA) is 52.4 Å². The zero-order valence-electron chi connectivity index (χ0n) is 18.7. The molecule has 0 saturated heterocycles. The van der Waals surface area contributed by atoms with E-state index < -0.39 is 5.09 Å². The van der Waals surface area contributed by atoms with Crippen LogP contribution in [-0.2, 0) is 4.84 Å². The predicted molar refractivity (Wildman–Crippen MR) is 118 cm³/mol. The highest BCUT2D eigenvalue weighted by Crippen LogP contribution is 2.26. The third kappa shape index (κ3) is 15.2. The van der Waals surface area contributed by atoms with Crippen LogP contribution in [0.5, 0.6) is 0 Å². The summed E-state index contributed by atoms with van der Waals surface area (Å²) in [5, 5.41) is 10.1. The lowest BCUT2D eigenvalue weighted by atomic mass is 9.88. The average molecular weight is 398 g/mol. The second kappa shape index (κ2) is 18.2. The Morgan fingerprint density at radius 1 is 0.714 bits per heavy atom. The van der Waals surface area contributed by atoms with Crippen molar-refractivity contribution in [1.82, 2.24) is 0 Å². The van der Waals surface area contributed by atoms with Gasteiger partial charge in [-0.2, -0.15) is 0 Å². The van der Waals surface area contributed by atoms with Crippen molar-refractivity contribution in [2.75, 3.05) is 0 Å². The summed E-state index contributed by atoms with van der Waals surface area (Å²) in [5.74, 6) is 0.878. The van der Waals surface area contributed by atoms with Crippen LogP contribution < -0.4 is 0 Å². The van der Waals surface area contributed by atoms with Gasteiger partial charge in [-0.15, -0.1) is 10.1 Å². The van der Waals surface area contributed by atoms with Crippen LogP contribution in [0.4, 0.5) is 0 Å². The molecule has 0 bridgehead atoms. The summed E-state index contributed by atoms with van der Waals surface area (Å²) < 4.78 is 0. The van der Waals surface area contributed by atoms with E-state index in [4.69, 9.17) is 4.84 Å². The van der Waals surface area contributed by atoms with Crippen LogP contribution in [0.1, 0.15) is 142 Å². The SMILES string of the molecule is CCCCCCCCCCCCC1CCCCCCC(O[N+](=O)[O-])CCCC1. The van der Waals surface area contributed by atoms with E-state index in [0.717, 1.165) is 31.6 Å². The lowest BCUT2D eigenvalue weighted by Crippen LogP contribution is -2.17. The van der Waals surface area contributed by atoms with Gasteiger partial charge < -0.3 is 4.84 Å². The van der Waals surface area contributed by atoms with Crippen LogP contribution in [0.3, 0.4) is 0 Å². The van der Waals surface area contributed by atoms with Gasteiger partial charge in [0.15, 0.2) is 0 Å². The maximum absolute atomic E-state index is 10.6. The summed E-state index contributed by atoms with van der Waals surface area (Å²) >= 11 is 0. The fraction of sp³-hybridized carbons (Fsp3) is 1.00. The molecule has 1 rings (SSSR count). The van der Waals surface area contributed by atoms with Gasteiger partial charge in [-0.05, 0) is 18.8 Å². The normalized spacial score (nSPS) is 22.2. The summed E-state index contributed by atoms with van der Waals surface area (Å²) in [5.41, 5.74) is 0. The van der Waals surface area contributed by atoms with E-state index in [1.165, 1.54) is 109 Å². The molecule has 2 atom stereocenters. The zero-order chi connectivity index (χ0) is 20.3. The Hall–Kier alpha value is -0.800. The van der Waals surface area contributed by atoms with Gasteiger partial charge in [-0.3, -0.25) is 0 Å². The molecule has 2 unspecified atom stereocenters. The van der Waals surface area contributed by atoms with Gasteiger partial charge in [-0.1, -0.05) is 129 Å². The Bertz CT molecular complexity index is 362. The molecule has 0 aromatic rings. The number of hydrogen-bond donors (Lipinski definition) is 0. The second-order valence-electron chi connectivity index (χ2n) is 9.06. The van der Waals surface area contributed by atoms with Crippen LogP contribution in [0, 0.1) is 16.0 Å². The molecule has 28 heavy (non-hydrogen) atoms. The van der Waals surface area contributed by atoms with Crippen molar-refractivity contribution in [3.05, 3.63) is 10.1 Å². The van der Waals surface area contributed by atoms with Gasteiger partial charge in [0.25, 0.3) is 5.09 Å². The van der Waals surface area contributed by atoms with Gasteiger partial charge in [0.05, 0.1) is 0 Å². The minimum atomic E-state index is -0.593. The molecule has 1 aliphatic rings. The molecule has 0 aromatic carbocycles. The minimum Gasteiger partial charge on any atom is -0.311 e. The van der Waals surface area contributed by atoms with Gasteiger partial charge >= 0.3 is 0 Å². The third-order valence-electron chi connectivity index (χ3n) is 6.48. The molecular formula is C24H47NO3. The van der Waals surface area contributed by atoms with Crippen LogP contribution in [0.25, 0.3) is 0 Å². The van der Waals surface area contributed by atoms with Crippen LogP contribution in [0.15, 0.2) is 0 Å². The highest BCUT2D eigenvalue weighted by molar-refractivity contribution is 4.65. The van der Waals surface area contributed by atoms with Crippen molar-refractivity contribution >= 4 is 0 Å². The van der Waals surface area contributed by atoms with Crippen molar-refractivity contribution in [1.29, 1.82) is 0 Å². The summed E-state index contributed by atoms with van der Waals surface area (Å²) in [6.45, 7) is 2.28. The molecule has 0 N–H and O–H groups in total. The van der Waals surface area contributed by atoms with E-state index in [0.29, 0.717) is 0 Å². The molecule has 0 amide bonds. The lowest BCUT2D eigenvalue weighted by molar-refractivity contribution is -0.769. The molecule has 4 heteroatoms. The van der Waals surface area contributed by atoms with Crippen LogP contribution >= 0.6 is 0 Å². The smallest absolute Gasteiger partial charge is 0.294 e. The Balaban J connectivity index is 2.11. The Morgan fingerprint density at radius 3 is 1.75 bits per heavy atom. The van der Waals surface area contributed by atoms with Gasteiger partial charge in [-0.25, -0.2) is 0 Å². The summed E-state index contributed by atoms with van der Waals surface area (Å²) in [7, 11) is 0. The summed E-state index contributed by atoms with van der Waals surface area (Å²) in [6.07, 6.45) is 26.9. The Labute approximate surface area is 174 Å². The van der Waals surface area contributed by atoms with Crippen LogP contribution in [-0.4, -0.2) is 11.2 Å². The number of rotatable bonds is 13. The fourth-order valence-corrected chi connectivity index (χ4v) is 4.69. The second-order valence-corrected chi connectivity index (χ2v) is 9.06. The first-order valence-corrected chi connectivity index (χ1v) is 12.5. The van der Waals surface area contributed by atoms with E-state index in [-0.39, 0.29) is 6.10 Å². The average Bonchev–Trinajstić information content (AvgIpc) is 2.66. The van der Waals surface area contributed by atoms with Crippen molar-refractivity contribution in [2.45, 2.75) is 148 Å². The summed E-state index contributed by atoms with van der Waals surface area (Å²) in [4.78, 5) is 15.5. The zero-order valence-corrected chi connectivity index (χ0v) is 18.7. The van der Waals surface area contributed by atoms with E-state index >= 15 is 0 Å². The molecule has 0 aromatic heterocycles. The molecule has 1 aliphatic carbocycles. The predicted octanol–water partition coefficient (Wildman–Crippen LogP) is 8.41. The third-order valence-corrected chi connectivity index (χ3v) is 6.48. The molecule has 166 valence electrons. The Morgan fingerprint density at radius 2 is 1.18 bits per heavy atom. The number of unbranched alkanes of at least 4 members (excludes halogenated alkanes) is 9. The molecule has 1 fully saturated rings. The van der Waals surface area contributed by atoms with Gasteiger partial charge in [0.2, 0.25) is 0 Å². The van der Waals surface area contributed by atoms with Crippen molar-refractivity contribution in [3.8, 4) is 0 Å². The first kappa shape index (κ1) is 25.2. The van der Waals surface area contributed by atoms with E-state index in [2.05, 4.69) is 6.92 Å². The molecule has 0 aliphatic heterocycles. The first-order valence-electron chi connectivity index (χ1n) is 12.5. The Kier molecular flexibility index (Phi) is 16.4. The van der Waals surface area contributed by atoms with Crippen LogP contribution in [0.2, 0.25) is 0 Å². The lowest BCUT2D eigenvalue weighted by Gasteiger charge is -2.20. The largest absolute Gasteiger partial charge is 0.311 e. The van der Waals surface area contributed by atoms with E-state index in [1.807, 2.05) is 0 Å². The molecule has 4 nitrogen and oxygen atoms in total. The molecule has 0 heterocycles. The monoisotopic (exact) mass is 397 g/mol. The van der Waals surface area contributed by atoms with E-state index in [9.17, 15) is 10.1 Å². The number of hydrogen-bond acceptors (Lipinski definition) is 3. The highest BCUT2D eigenvalue weighted by atomic mass is 17.0. The maximum Gasteiger partial charge on any atom is 0.294 e. The van der Waals surface area contributed by atoms with Crippen molar-refractivity contribution in [2.24, 2.45) is 5.92 Å².